The van der Waals surface area contributed by atoms with E-state index < -0.39 is 0 Å². The number of aromatic nitrogens is 1. The Labute approximate surface area is 176 Å². The van der Waals surface area contributed by atoms with Gasteiger partial charge in [-0.2, -0.15) is 0 Å². The monoisotopic (exact) mass is 435 g/mol. The van der Waals surface area contributed by atoms with E-state index in [9.17, 15) is 0 Å². The summed E-state index contributed by atoms with van der Waals surface area (Å²) in [7, 11) is 8.19. The molecule has 2 aromatic carbocycles. The van der Waals surface area contributed by atoms with Gasteiger partial charge in [0.05, 0.1) is 11.0 Å². The summed E-state index contributed by atoms with van der Waals surface area (Å²) in [5.41, 5.74) is 4.43. The maximum absolute atomic E-state index is 4.81. The molecule has 0 saturated heterocycles. The maximum Gasteiger partial charge on any atom is 2.00 e. The van der Waals surface area contributed by atoms with Crippen LogP contribution in [0.5, 0.6) is 0 Å². The SMILES string of the molecule is CN(C)c1ccc2cc3ccc(N(C)C)cc3nc2c1.[Cl-].[Cl-].[Cl-].[H+].[Zn+2]. The van der Waals surface area contributed by atoms with Crippen LogP contribution in [0.25, 0.3) is 21.8 Å². The van der Waals surface area contributed by atoms with Gasteiger partial charge in [0.2, 0.25) is 0 Å². The van der Waals surface area contributed by atoms with Crippen LogP contribution in [-0.2, 0) is 19.5 Å². The molecule has 0 fully saturated rings. The Hall–Kier alpha value is -0.797. The third-order valence-electron chi connectivity index (χ3n) is 3.61. The van der Waals surface area contributed by atoms with Crippen LogP contribution in [0, 0.1) is 0 Å². The molecule has 0 aliphatic rings. The van der Waals surface area contributed by atoms with Gasteiger partial charge in [0.25, 0.3) is 0 Å². The zero-order chi connectivity index (χ0) is 14.3. The first-order chi connectivity index (χ1) is 9.54. The Bertz CT molecular complexity index is 738. The Kier molecular flexibility index (Phi) is 10.9. The first-order valence-electron chi connectivity index (χ1n) is 6.74. The number of anilines is 2. The minimum atomic E-state index is 0. The molecule has 126 valence electrons. The smallest absolute Gasteiger partial charge is 1.00 e. The molecular formula is C17H20Cl3N3Zn. The summed E-state index contributed by atoms with van der Waals surface area (Å²) in [5, 5.41) is 2.36. The Morgan fingerprint density at radius 1 is 0.667 bits per heavy atom. The number of fused-ring (bicyclic) bond motifs is 2. The van der Waals surface area contributed by atoms with Crippen LogP contribution in [0.4, 0.5) is 11.4 Å². The van der Waals surface area contributed by atoms with E-state index in [1.807, 2.05) is 28.2 Å². The quantitative estimate of drug-likeness (QED) is 0.295. The van der Waals surface area contributed by atoms with Crippen LogP contribution in [-0.4, -0.2) is 33.2 Å². The predicted molar refractivity (Wildman–Crippen MR) is 89.0 cm³/mol. The second-order valence-electron chi connectivity index (χ2n) is 5.53. The molecule has 1 heterocycles. The zero-order valence-electron chi connectivity index (χ0n) is 15.2. The Morgan fingerprint density at radius 3 is 1.38 bits per heavy atom. The summed E-state index contributed by atoms with van der Waals surface area (Å²) < 4.78 is 0. The molecule has 3 nitrogen and oxygen atoms in total. The molecular weight excluding hydrogens is 418 g/mol. The number of nitrogens with zero attached hydrogens (tertiary/aromatic N) is 3. The van der Waals surface area contributed by atoms with Crippen molar-refractivity contribution in [2.45, 2.75) is 0 Å². The summed E-state index contributed by atoms with van der Waals surface area (Å²) in [6.45, 7) is 0. The largest absolute Gasteiger partial charge is 2.00 e. The standard InChI is InChI=1S/C17H19N3.3ClH.Zn/c1-19(2)14-7-5-12-9-13-6-8-15(20(3)4)11-17(13)18-16(12)10-14;;;;/h5-11H,1-4H3;3*1H;/q;;;;+2/p-2. The summed E-state index contributed by atoms with van der Waals surface area (Å²) in [4.78, 5) is 9.01. The van der Waals surface area contributed by atoms with Crippen LogP contribution in [0.2, 0.25) is 0 Å². The number of benzene rings is 2. The van der Waals surface area contributed by atoms with E-state index in [2.05, 4.69) is 52.3 Å². The molecule has 24 heavy (non-hydrogen) atoms. The van der Waals surface area contributed by atoms with Crippen LogP contribution in [0.15, 0.2) is 42.5 Å². The Balaban J connectivity index is -0.000000968. The van der Waals surface area contributed by atoms with Gasteiger partial charge in [0.1, 0.15) is 0 Å². The molecule has 0 unspecified atom stereocenters. The predicted octanol–water partition coefficient (Wildman–Crippen LogP) is -5.36. The van der Waals surface area contributed by atoms with Gasteiger partial charge in [0, 0.05) is 50.3 Å². The van der Waals surface area contributed by atoms with Crippen molar-refractivity contribution in [2.24, 2.45) is 0 Å². The average Bonchev–Trinajstić information content (AvgIpc) is 2.43. The fraction of sp³-hybridized carbons (Fsp3) is 0.235. The van der Waals surface area contributed by atoms with Crippen molar-refractivity contribution >= 4 is 33.2 Å². The van der Waals surface area contributed by atoms with Gasteiger partial charge >= 0.3 is 20.9 Å². The molecule has 7 heteroatoms. The van der Waals surface area contributed by atoms with Crippen LogP contribution in [0.3, 0.4) is 0 Å². The molecule has 0 amide bonds. The van der Waals surface area contributed by atoms with Crippen LogP contribution in [0.1, 0.15) is 1.43 Å². The molecule has 0 saturated carbocycles. The van der Waals surface area contributed by atoms with E-state index in [4.69, 9.17) is 4.98 Å². The number of hydrogen-bond donors (Lipinski definition) is 0. The minimum absolute atomic E-state index is 0. The van der Waals surface area contributed by atoms with E-state index in [1.54, 1.807) is 0 Å². The van der Waals surface area contributed by atoms with Crippen molar-refractivity contribution in [3.8, 4) is 0 Å². The van der Waals surface area contributed by atoms with E-state index in [0.717, 1.165) is 11.0 Å². The average molecular weight is 438 g/mol. The minimum Gasteiger partial charge on any atom is -1.00 e. The molecule has 0 radical (unpaired) electrons. The van der Waals surface area contributed by atoms with Gasteiger partial charge in [-0.3, -0.25) is 0 Å². The van der Waals surface area contributed by atoms with Crippen molar-refractivity contribution in [3.05, 3.63) is 42.5 Å². The molecule has 1 aromatic heterocycles. The molecule has 0 aliphatic carbocycles. The molecule has 3 aromatic rings. The van der Waals surface area contributed by atoms with E-state index in [0.29, 0.717) is 0 Å². The second-order valence-corrected chi connectivity index (χ2v) is 5.53. The number of pyridine rings is 1. The molecule has 0 atom stereocenters. The van der Waals surface area contributed by atoms with Gasteiger partial charge in [-0.25, -0.2) is 4.98 Å². The van der Waals surface area contributed by atoms with E-state index in [-0.39, 0.29) is 58.1 Å². The Morgan fingerprint density at radius 2 is 1.04 bits per heavy atom. The summed E-state index contributed by atoms with van der Waals surface area (Å²) in [6, 6.07) is 15.0. The van der Waals surface area contributed by atoms with E-state index >= 15 is 0 Å². The number of rotatable bonds is 2. The summed E-state index contributed by atoms with van der Waals surface area (Å²) in [6.07, 6.45) is 0. The molecule has 3 rings (SSSR count). The van der Waals surface area contributed by atoms with Crippen molar-refractivity contribution in [1.29, 1.82) is 0 Å². The van der Waals surface area contributed by atoms with Crippen LogP contribution < -0.4 is 47.0 Å². The fourth-order valence-electron chi connectivity index (χ4n) is 2.36. The van der Waals surface area contributed by atoms with Crippen molar-refractivity contribution in [1.82, 2.24) is 4.98 Å². The zero-order valence-corrected chi connectivity index (χ0v) is 19.5. The van der Waals surface area contributed by atoms with Gasteiger partial charge in [-0.15, -0.1) is 0 Å². The van der Waals surface area contributed by atoms with Gasteiger partial charge in [-0.1, -0.05) is 12.1 Å². The third kappa shape index (κ3) is 5.10. The number of hydrogen-bond acceptors (Lipinski definition) is 3. The molecule has 0 bridgehead atoms. The normalized spacial score (nSPS) is 9.17. The van der Waals surface area contributed by atoms with Gasteiger partial charge in [-0.05, 0) is 30.3 Å². The molecule has 0 spiro atoms. The third-order valence-corrected chi connectivity index (χ3v) is 3.61. The van der Waals surface area contributed by atoms with Gasteiger partial charge in [0.15, 0.2) is 0 Å². The first-order valence-corrected chi connectivity index (χ1v) is 6.74. The first kappa shape index (κ1) is 25.4. The molecule has 0 aliphatic heterocycles. The van der Waals surface area contributed by atoms with Crippen molar-refractivity contribution < 1.29 is 58.1 Å². The second kappa shape index (κ2) is 10.3. The number of halogens is 3. The maximum atomic E-state index is 4.81. The summed E-state index contributed by atoms with van der Waals surface area (Å²) >= 11 is 0. The summed E-state index contributed by atoms with van der Waals surface area (Å²) in [5.74, 6) is 0. The topological polar surface area (TPSA) is 19.4 Å². The van der Waals surface area contributed by atoms with Crippen molar-refractivity contribution in [2.75, 3.05) is 38.0 Å². The fourth-order valence-corrected chi connectivity index (χ4v) is 2.36. The molecule has 0 N–H and O–H groups in total. The van der Waals surface area contributed by atoms with Gasteiger partial charge < -0.3 is 47.0 Å². The van der Waals surface area contributed by atoms with Crippen molar-refractivity contribution in [3.63, 3.8) is 0 Å². The van der Waals surface area contributed by atoms with Crippen LogP contribution >= 0.6 is 0 Å². The van der Waals surface area contributed by atoms with E-state index in [1.165, 1.54) is 22.1 Å².